The van der Waals surface area contributed by atoms with Gasteiger partial charge in [-0.15, -0.1) is 0 Å². The fourth-order valence-corrected chi connectivity index (χ4v) is 1.85. The van der Waals surface area contributed by atoms with Gasteiger partial charge < -0.3 is 10.8 Å². The fourth-order valence-electron chi connectivity index (χ4n) is 1.85. The van der Waals surface area contributed by atoms with Crippen molar-refractivity contribution < 1.29 is 5.11 Å². The predicted octanol–water partition coefficient (Wildman–Crippen LogP) is 2.71. The molecule has 2 rings (SSSR count). The van der Waals surface area contributed by atoms with E-state index in [-0.39, 0.29) is 5.75 Å². The van der Waals surface area contributed by atoms with Crippen LogP contribution in [0, 0.1) is 11.3 Å². The zero-order valence-electron chi connectivity index (χ0n) is 9.22. The van der Waals surface area contributed by atoms with Gasteiger partial charge in [0.15, 0.2) is 0 Å². The Hall–Kier alpha value is -2.47. The largest absolute Gasteiger partial charge is 0.507 e. The van der Waals surface area contributed by atoms with Gasteiger partial charge in [0.05, 0.1) is 12.5 Å². The number of phenolic OH excluding ortho intramolecular Hbond substituents is 1. The summed E-state index contributed by atoms with van der Waals surface area (Å²) in [5, 5.41) is 18.7. The molecule has 84 valence electrons. The van der Waals surface area contributed by atoms with Crippen LogP contribution in [0.2, 0.25) is 0 Å². The van der Waals surface area contributed by atoms with Crippen LogP contribution >= 0.6 is 0 Å². The Morgan fingerprint density at radius 2 is 1.88 bits per heavy atom. The first-order valence-corrected chi connectivity index (χ1v) is 5.26. The van der Waals surface area contributed by atoms with Crippen molar-refractivity contribution in [1.82, 2.24) is 0 Å². The molecule has 0 bridgehead atoms. The number of benzene rings is 2. The van der Waals surface area contributed by atoms with Crippen LogP contribution in [-0.4, -0.2) is 5.11 Å². The summed E-state index contributed by atoms with van der Waals surface area (Å²) in [7, 11) is 0. The number of anilines is 1. The number of nitrogens with two attached hydrogens (primary N) is 1. The number of phenols is 1. The second-order valence-electron chi connectivity index (χ2n) is 3.73. The van der Waals surface area contributed by atoms with Crippen molar-refractivity contribution in [3.63, 3.8) is 0 Å². The summed E-state index contributed by atoms with van der Waals surface area (Å²) >= 11 is 0. The second-order valence-corrected chi connectivity index (χ2v) is 3.73. The van der Waals surface area contributed by atoms with E-state index < -0.39 is 0 Å². The van der Waals surface area contributed by atoms with Gasteiger partial charge in [0, 0.05) is 11.3 Å². The summed E-state index contributed by atoms with van der Waals surface area (Å²) in [4.78, 5) is 0. The van der Waals surface area contributed by atoms with Gasteiger partial charge in [0.25, 0.3) is 0 Å². The van der Waals surface area contributed by atoms with E-state index in [2.05, 4.69) is 6.07 Å². The minimum Gasteiger partial charge on any atom is -0.507 e. The Labute approximate surface area is 99.7 Å². The lowest BCUT2D eigenvalue weighted by Crippen LogP contribution is -1.94. The average molecular weight is 224 g/mol. The van der Waals surface area contributed by atoms with E-state index in [0.717, 1.165) is 11.1 Å². The summed E-state index contributed by atoms with van der Waals surface area (Å²) < 4.78 is 0. The number of nitriles is 1. The van der Waals surface area contributed by atoms with Gasteiger partial charge in [-0.2, -0.15) is 5.26 Å². The van der Waals surface area contributed by atoms with Gasteiger partial charge in [-0.1, -0.05) is 30.3 Å². The van der Waals surface area contributed by atoms with E-state index in [9.17, 15) is 5.11 Å². The van der Waals surface area contributed by atoms with E-state index >= 15 is 0 Å². The summed E-state index contributed by atoms with van der Waals surface area (Å²) in [5.74, 6) is 0.135. The van der Waals surface area contributed by atoms with Crippen molar-refractivity contribution in [2.24, 2.45) is 0 Å². The van der Waals surface area contributed by atoms with Crippen molar-refractivity contribution >= 4 is 5.69 Å². The fraction of sp³-hybridized carbons (Fsp3) is 0.0714. The lowest BCUT2D eigenvalue weighted by Gasteiger charge is -2.11. The van der Waals surface area contributed by atoms with Crippen LogP contribution < -0.4 is 5.73 Å². The van der Waals surface area contributed by atoms with Crippen molar-refractivity contribution in [1.29, 1.82) is 5.26 Å². The summed E-state index contributed by atoms with van der Waals surface area (Å²) in [6, 6.07) is 14.6. The topological polar surface area (TPSA) is 70.0 Å². The lowest BCUT2D eigenvalue weighted by atomic mass is 9.96. The lowest BCUT2D eigenvalue weighted by molar-refractivity contribution is 0.477. The monoisotopic (exact) mass is 224 g/mol. The Kier molecular flexibility index (Phi) is 2.97. The summed E-state index contributed by atoms with van der Waals surface area (Å²) in [6.07, 6.45) is 0.296. The molecule has 0 saturated heterocycles. The first kappa shape index (κ1) is 11.0. The van der Waals surface area contributed by atoms with Crippen LogP contribution in [0.4, 0.5) is 5.69 Å². The smallest absolute Gasteiger partial charge is 0.125 e. The molecule has 0 aromatic heterocycles. The van der Waals surface area contributed by atoms with Crippen molar-refractivity contribution in [2.45, 2.75) is 6.42 Å². The highest BCUT2D eigenvalue weighted by Gasteiger charge is 2.11. The molecule has 2 aromatic carbocycles. The highest BCUT2D eigenvalue weighted by Crippen LogP contribution is 2.36. The Morgan fingerprint density at radius 1 is 1.12 bits per heavy atom. The molecule has 0 aliphatic heterocycles. The van der Waals surface area contributed by atoms with E-state index in [1.54, 1.807) is 18.2 Å². The first-order chi connectivity index (χ1) is 8.24. The molecular formula is C14H12N2O. The summed E-state index contributed by atoms with van der Waals surface area (Å²) in [6.45, 7) is 0. The maximum absolute atomic E-state index is 9.87. The maximum Gasteiger partial charge on any atom is 0.125 e. The third kappa shape index (κ3) is 2.06. The molecule has 0 unspecified atom stereocenters. The minimum absolute atomic E-state index is 0.135. The molecule has 3 heteroatoms. The quantitative estimate of drug-likeness (QED) is 0.770. The molecule has 0 spiro atoms. The predicted molar refractivity (Wildman–Crippen MR) is 67.3 cm³/mol. The van der Waals surface area contributed by atoms with Gasteiger partial charge in [-0.25, -0.2) is 0 Å². The third-order valence-electron chi connectivity index (χ3n) is 2.63. The van der Waals surface area contributed by atoms with E-state index in [1.807, 2.05) is 24.3 Å². The molecule has 0 aliphatic rings. The van der Waals surface area contributed by atoms with Crippen molar-refractivity contribution in [3.05, 3.63) is 48.0 Å². The van der Waals surface area contributed by atoms with Gasteiger partial charge in [0.2, 0.25) is 0 Å². The Morgan fingerprint density at radius 3 is 2.59 bits per heavy atom. The number of hydrogen-bond donors (Lipinski definition) is 2. The van der Waals surface area contributed by atoms with Crippen LogP contribution in [0.5, 0.6) is 5.75 Å². The van der Waals surface area contributed by atoms with Crippen LogP contribution in [0.3, 0.4) is 0 Å². The molecule has 0 aliphatic carbocycles. The van der Waals surface area contributed by atoms with Crippen molar-refractivity contribution in [3.8, 4) is 22.9 Å². The Bertz CT molecular complexity index is 565. The van der Waals surface area contributed by atoms with E-state index in [0.29, 0.717) is 17.7 Å². The highest BCUT2D eigenvalue weighted by molar-refractivity contribution is 5.83. The number of nitrogen functional groups attached to an aromatic ring is 1. The van der Waals surface area contributed by atoms with Gasteiger partial charge in [0.1, 0.15) is 5.75 Å². The van der Waals surface area contributed by atoms with Crippen LogP contribution in [0.1, 0.15) is 5.56 Å². The number of hydrogen-bond acceptors (Lipinski definition) is 3. The molecule has 0 heterocycles. The minimum atomic E-state index is 0.135. The van der Waals surface area contributed by atoms with Crippen LogP contribution in [-0.2, 0) is 6.42 Å². The standard InChI is InChI=1S/C14H12N2O/c15-9-8-10-4-1-2-5-11(10)14-12(16)6-3-7-13(14)17/h1-7,17H,8,16H2. The van der Waals surface area contributed by atoms with Gasteiger partial charge in [-0.3, -0.25) is 0 Å². The van der Waals surface area contributed by atoms with Crippen LogP contribution in [0.15, 0.2) is 42.5 Å². The zero-order chi connectivity index (χ0) is 12.3. The molecule has 0 fully saturated rings. The van der Waals surface area contributed by atoms with Gasteiger partial charge in [-0.05, 0) is 23.3 Å². The zero-order valence-corrected chi connectivity index (χ0v) is 9.22. The molecular weight excluding hydrogens is 212 g/mol. The number of aromatic hydroxyl groups is 1. The van der Waals surface area contributed by atoms with Gasteiger partial charge >= 0.3 is 0 Å². The second kappa shape index (κ2) is 4.58. The molecule has 3 nitrogen and oxygen atoms in total. The number of rotatable bonds is 2. The molecule has 0 radical (unpaired) electrons. The molecule has 3 N–H and O–H groups in total. The molecule has 17 heavy (non-hydrogen) atoms. The molecule has 2 aromatic rings. The molecule has 0 saturated carbocycles. The SMILES string of the molecule is N#CCc1ccccc1-c1c(N)cccc1O. The normalized spacial score (nSPS) is 9.82. The third-order valence-corrected chi connectivity index (χ3v) is 2.63. The Balaban J connectivity index is 2.65. The number of nitrogens with zero attached hydrogens (tertiary/aromatic N) is 1. The first-order valence-electron chi connectivity index (χ1n) is 5.26. The van der Waals surface area contributed by atoms with E-state index in [1.165, 1.54) is 0 Å². The average Bonchev–Trinajstić information content (AvgIpc) is 2.31. The van der Waals surface area contributed by atoms with Crippen LogP contribution in [0.25, 0.3) is 11.1 Å². The van der Waals surface area contributed by atoms with Crippen molar-refractivity contribution in [2.75, 3.05) is 5.73 Å². The highest BCUT2D eigenvalue weighted by atomic mass is 16.3. The maximum atomic E-state index is 9.87. The van der Waals surface area contributed by atoms with E-state index in [4.69, 9.17) is 11.0 Å². The molecule has 0 atom stereocenters. The summed E-state index contributed by atoms with van der Waals surface area (Å²) in [5.41, 5.74) is 8.65. The molecule has 0 amide bonds.